The molecule has 1 atom stereocenters. The van der Waals surface area contributed by atoms with E-state index in [-0.39, 0.29) is 12.2 Å². The number of carbonyl (C=O) groups excluding carboxylic acids is 1. The van der Waals surface area contributed by atoms with E-state index in [1.165, 1.54) is 22.5 Å². The number of fused-ring (bicyclic) bond motifs is 1. The fourth-order valence-electron chi connectivity index (χ4n) is 5.29. The van der Waals surface area contributed by atoms with Gasteiger partial charge in [0.25, 0.3) is 5.56 Å². The highest BCUT2D eigenvalue weighted by molar-refractivity contribution is 7.07. The summed E-state index contributed by atoms with van der Waals surface area (Å²) < 4.78 is 19.6. The summed E-state index contributed by atoms with van der Waals surface area (Å²) in [5, 5.41) is 0. The molecule has 1 aliphatic heterocycles. The highest BCUT2D eigenvalue weighted by atomic mass is 32.1. The molecule has 4 aromatic rings. The number of aryl methyl sites for hydroxylation is 1. The number of benzene rings is 3. The van der Waals surface area contributed by atoms with Gasteiger partial charge >= 0.3 is 5.97 Å². The second-order valence-corrected chi connectivity index (χ2v) is 12.0. The number of nitrogens with zero attached hydrogens (tertiary/aromatic N) is 2. The van der Waals surface area contributed by atoms with Crippen molar-refractivity contribution in [3.8, 4) is 11.5 Å². The maximum atomic E-state index is 14.0. The molecule has 3 aromatic carbocycles. The van der Waals surface area contributed by atoms with Crippen LogP contribution in [0.4, 0.5) is 0 Å². The standard InChI is InChI=1S/C36H38N2O5S/c1-7-41-30-19-25(12-17-29(30)43-21-26-11-9-10-23(5)18-26)20-31-34(39)38-33(28-15-13-27(14-16-28)22(3)4)32(35(40)42-8-2)24(6)37-36(38)44-31/h9-20,22,33H,7-8,21H2,1-6H3/b31-20+. The van der Waals surface area contributed by atoms with E-state index in [9.17, 15) is 9.59 Å². The van der Waals surface area contributed by atoms with Crippen LogP contribution in [0.15, 0.2) is 87.8 Å². The second-order valence-electron chi connectivity index (χ2n) is 11.0. The molecule has 1 aliphatic rings. The Morgan fingerprint density at radius 2 is 1.75 bits per heavy atom. The SMILES string of the molecule is CCOC(=O)C1=C(C)N=c2s/c(=C/c3ccc(OCc4cccc(C)c4)c(OCC)c3)c(=O)n2C1c1ccc(C(C)C)cc1. The summed E-state index contributed by atoms with van der Waals surface area (Å²) in [6.45, 7) is 12.9. The van der Waals surface area contributed by atoms with Gasteiger partial charge in [0.1, 0.15) is 6.61 Å². The van der Waals surface area contributed by atoms with Crippen LogP contribution >= 0.6 is 11.3 Å². The fourth-order valence-corrected chi connectivity index (χ4v) is 6.33. The maximum absolute atomic E-state index is 14.0. The summed E-state index contributed by atoms with van der Waals surface area (Å²) in [4.78, 5) is 32.4. The van der Waals surface area contributed by atoms with Crippen molar-refractivity contribution in [1.82, 2.24) is 4.57 Å². The van der Waals surface area contributed by atoms with Crippen LogP contribution in [-0.2, 0) is 16.1 Å². The number of hydrogen-bond acceptors (Lipinski definition) is 7. The van der Waals surface area contributed by atoms with Crippen molar-refractivity contribution in [3.63, 3.8) is 0 Å². The molecule has 0 saturated heterocycles. The van der Waals surface area contributed by atoms with Crippen molar-refractivity contribution in [3.05, 3.63) is 126 Å². The summed E-state index contributed by atoms with van der Waals surface area (Å²) in [6, 6.07) is 21.3. The topological polar surface area (TPSA) is 79.1 Å². The lowest BCUT2D eigenvalue weighted by atomic mass is 9.93. The Bertz CT molecular complexity index is 1880. The molecule has 2 heterocycles. The average Bonchev–Trinajstić information content (AvgIpc) is 3.30. The first-order valence-corrected chi connectivity index (χ1v) is 15.8. The van der Waals surface area contributed by atoms with Crippen molar-refractivity contribution < 1.29 is 19.0 Å². The predicted molar refractivity (Wildman–Crippen MR) is 174 cm³/mol. The van der Waals surface area contributed by atoms with Gasteiger partial charge in [-0.1, -0.05) is 85.3 Å². The number of rotatable bonds is 10. The quantitative estimate of drug-likeness (QED) is 0.200. The number of allylic oxidation sites excluding steroid dienone is 1. The molecule has 7 nitrogen and oxygen atoms in total. The molecule has 1 aromatic heterocycles. The van der Waals surface area contributed by atoms with Crippen LogP contribution in [0.3, 0.4) is 0 Å². The summed E-state index contributed by atoms with van der Waals surface area (Å²) in [6.07, 6.45) is 1.83. The predicted octanol–water partition coefficient (Wildman–Crippen LogP) is 6.21. The molecule has 0 bridgehead atoms. The Morgan fingerprint density at radius 3 is 2.43 bits per heavy atom. The molecule has 8 heteroatoms. The summed E-state index contributed by atoms with van der Waals surface area (Å²) >= 11 is 1.30. The summed E-state index contributed by atoms with van der Waals surface area (Å²) in [5.74, 6) is 1.12. The van der Waals surface area contributed by atoms with Crippen molar-refractivity contribution >= 4 is 23.4 Å². The largest absolute Gasteiger partial charge is 0.490 e. The van der Waals surface area contributed by atoms with Crippen molar-refractivity contribution in [2.45, 2.75) is 60.1 Å². The number of aromatic nitrogens is 1. The first kappa shape index (κ1) is 31.0. The minimum atomic E-state index is -0.648. The van der Waals surface area contributed by atoms with E-state index in [1.807, 2.05) is 67.6 Å². The van der Waals surface area contributed by atoms with Crippen molar-refractivity contribution in [2.24, 2.45) is 4.99 Å². The van der Waals surface area contributed by atoms with E-state index in [0.29, 0.717) is 51.2 Å². The van der Waals surface area contributed by atoms with Gasteiger partial charge in [0.15, 0.2) is 16.3 Å². The first-order valence-electron chi connectivity index (χ1n) is 14.9. The Hall–Kier alpha value is -4.43. The van der Waals surface area contributed by atoms with Crippen molar-refractivity contribution in [2.75, 3.05) is 13.2 Å². The third kappa shape index (κ3) is 6.55. The molecule has 44 heavy (non-hydrogen) atoms. The van der Waals surface area contributed by atoms with Crippen LogP contribution in [0, 0.1) is 6.92 Å². The van der Waals surface area contributed by atoms with Gasteiger partial charge in [0.05, 0.1) is 35.1 Å². The monoisotopic (exact) mass is 610 g/mol. The third-order valence-corrected chi connectivity index (χ3v) is 8.46. The molecule has 0 N–H and O–H groups in total. The van der Waals surface area contributed by atoms with E-state index in [4.69, 9.17) is 19.2 Å². The molecular weight excluding hydrogens is 572 g/mol. The highest BCUT2D eigenvalue weighted by Gasteiger charge is 2.33. The van der Waals surface area contributed by atoms with Gasteiger partial charge in [-0.3, -0.25) is 9.36 Å². The Morgan fingerprint density at radius 1 is 0.977 bits per heavy atom. The van der Waals surface area contributed by atoms with Gasteiger partial charge in [-0.2, -0.15) is 0 Å². The molecule has 5 rings (SSSR count). The molecule has 0 aliphatic carbocycles. The van der Waals surface area contributed by atoms with Crippen LogP contribution in [0.5, 0.6) is 11.5 Å². The van der Waals surface area contributed by atoms with E-state index >= 15 is 0 Å². The second kappa shape index (κ2) is 13.5. The Labute approximate surface area is 261 Å². The first-order chi connectivity index (χ1) is 21.2. The molecule has 0 amide bonds. The van der Waals surface area contributed by atoms with Gasteiger partial charge in [-0.15, -0.1) is 0 Å². The summed E-state index contributed by atoms with van der Waals surface area (Å²) in [5.41, 5.74) is 5.74. The minimum absolute atomic E-state index is 0.223. The van der Waals surface area contributed by atoms with Crippen LogP contribution < -0.4 is 24.4 Å². The molecule has 0 saturated carbocycles. The number of hydrogen-bond donors (Lipinski definition) is 0. The van der Waals surface area contributed by atoms with Gasteiger partial charge in [0, 0.05) is 0 Å². The zero-order valence-corrected chi connectivity index (χ0v) is 26.9. The van der Waals surface area contributed by atoms with E-state index in [1.54, 1.807) is 18.4 Å². The number of esters is 1. The van der Waals surface area contributed by atoms with Gasteiger partial charge in [0.2, 0.25) is 0 Å². The molecule has 0 radical (unpaired) electrons. The smallest absolute Gasteiger partial charge is 0.338 e. The number of ether oxygens (including phenoxy) is 3. The number of carbonyl (C=O) groups is 1. The third-order valence-electron chi connectivity index (χ3n) is 7.48. The van der Waals surface area contributed by atoms with Crippen molar-refractivity contribution in [1.29, 1.82) is 0 Å². The summed E-state index contributed by atoms with van der Waals surface area (Å²) in [7, 11) is 0. The lowest BCUT2D eigenvalue weighted by molar-refractivity contribution is -0.139. The highest BCUT2D eigenvalue weighted by Crippen LogP contribution is 2.32. The molecule has 0 spiro atoms. The van der Waals surface area contributed by atoms with Crippen LogP contribution in [0.1, 0.15) is 74.4 Å². The van der Waals surface area contributed by atoms with Crippen LogP contribution in [0.2, 0.25) is 0 Å². The lowest BCUT2D eigenvalue weighted by Gasteiger charge is -2.25. The zero-order chi connectivity index (χ0) is 31.4. The van der Waals surface area contributed by atoms with Crippen LogP contribution in [0.25, 0.3) is 6.08 Å². The molecule has 228 valence electrons. The Balaban J connectivity index is 1.55. The number of thiazole rings is 1. The average molecular weight is 611 g/mol. The maximum Gasteiger partial charge on any atom is 0.338 e. The molecular formula is C36H38N2O5S. The zero-order valence-electron chi connectivity index (χ0n) is 26.0. The van der Waals surface area contributed by atoms with Gasteiger partial charge < -0.3 is 14.2 Å². The van der Waals surface area contributed by atoms with E-state index in [0.717, 1.165) is 16.7 Å². The lowest BCUT2D eigenvalue weighted by Crippen LogP contribution is -2.39. The van der Waals surface area contributed by atoms with Gasteiger partial charge in [-0.05, 0) is 74.1 Å². The normalized spacial score (nSPS) is 14.8. The Kier molecular flexibility index (Phi) is 9.49. The molecule has 1 unspecified atom stereocenters. The fraction of sp³-hybridized carbons (Fsp3) is 0.306. The van der Waals surface area contributed by atoms with Crippen LogP contribution in [-0.4, -0.2) is 23.8 Å². The minimum Gasteiger partial charge on any atom is -0.490 e. The molecule has 0 fully saturated rings. The van der Waals surface area contributed by atoms with E-state index < -0.39 is 12.0 Å². The van der Waals surface area contributed by atoms with E-state index in [2.05, 4.69) is 32.9 Å². The van der Waals surface area contributed by atoms with Gasteiger partial charge in [-0.25, -0.2) is 9.79 Å².